The molecule has 0 bridgehead atoms. The number of anilines is 5. The third-order valence-electron chi connectivity index (χ3n) is 3.82. The molecule has 0 unspecified atom stereocenters. The Labute approximate surface area is 163 Å². The van der Waals surface area contributed by atoms with E-state index >= 15 is 0 Å². The number of nitrogens with one attached hydrogen (secondary N) is 3. The number of aromatic nitrogens is 2. The van der Waals surface area contributed by atoms with Gasteiger partial charge in [0.25, 0.3) is 0 Å². The van der Waals surface area contributed by atoms with Gasteiger partial charge in [-0.3, -0.25) is 4.79 Å². The normalized spacial score (nSPS) is 10.4. The molecule has 0 aliphatic carbocycles. The summed E-state index contributed by atoms with van der Waals surface area (Å²) in [5.74, 6) is 0.999. The van der Waals surface area contributed by atoms with E-state index in [0.717, 1.165) is 22.6 Å². The molecule has 7 heteroatoms. The Hall–Kier alpha value is -3.12. The quantitative estimate of drug-likeness (QED) is 0.566. The summed E-state index contributed by atoms with van der Waals surface area (Å²) in [4.78, 5) is 20.2. The molecule has 3 rings (SSSR count). The zero-order valence-corrected chi connectivity index (χ0v) is 16.1. The summed E-state index contributed by atoms with van der Waals surface area (Å²) >= 11 is 6.18. The van der Waals surface area contributed by atoms with Gasteiger partial charge >= 0.3 is 0 Å². The number of halogens is 1. The van der Waals surface area contributed by atoms with Crippen LogP contribution in [0, 0.1) is 13.8 Å². The lowest BCUT2D eigenvalue weighted by atomic mass is 10.2. The first-order chi connectivity index (χ1) is 12.9. The predicted octanol–water partition coefficient (Wildman–Crippen LogP) is 5.19. The van der Waals surface area contributed by atoms with Crippen molar-refractivity contribution in [2.24, 2.45) is 0 Å². The average molecular weight is 382 g/mol. The van der Waals surface area contributed by atoms with Crippen LogP contribution in [0.3, 0.4) is 0 Å². The molecule has 1 aromatic heterocycles. The van der Waals surface area contributed by atoms with Gasteiger partial charge in [-0.2, -0.15) is 4.98 Å². The Morgan fingerprint density at radius 3 is 2.48 bits per heavy atom. The number of hydrogen-bond acceptors (Lipinski definition) is 5. The highest BCUT2D eigenvalue weighted by atomic mass is 35.5. The molecule has 0 spiro atoms. The number of carbonyl (C=O) groups is 1. The van der Waals surface area contributed by atoms with E-state index in [1.54, 1.807) is 0 Å². The molecule has 27 heavy (non-hydrogen) atoms. The number of rotatable bonds is 5. The van der Waals surface area contributed by atoms with Crippen molar-refractivity contribution < 1.29 is 4.79 Å². The molecule has 2 aromatic carbocycles. The van der Waals surface area contributed by atoms with E-state index in [0.29, 0.717) is 22.5 Å². The van der Waals surface area contributed by atoms with Gasteiger partial charge in [0.05, 0.1) is 0 Å². The largest absolute Gasteiger partial charge is 0.340 e. The molecule has 0 aliphatic rings. The molecule has 3 aromatic rings. The Kier molecular flexibility index (Phi) is 5.57. The highest BCUT2D eigenvalue weighted by Gasteiger charge is 2.07. The van der Waals surface area contributed by atoms with Crippen molar-refractivity contribution in [1.29, 1.82) is 0 Å². The lowest BCUT2D eigenvalue weighted by Gasteiger charge is -2.12. The molecule has 1 heterocycles. The molecule has 0 fully saturated rings. The lowest BCUT2D eigenvalue weighted by molar-refractivity contribution is -0.114. The van der Waals surface area contributed by atoms with Crippen molar-refractivity contribution in [2.75, 3.05) is 16.0 Å². The molecule has 3 N–H and O–H groups in total. The molecule has 0 atom stereocenters. The van der Waals surface area contributed by atoms with Gasteiger partial charge in [0, 0.05) is 40.8 Å². The minimum Gasteiger partial charge on any atom is -0.340 e. The monoisotopic (exact) mass is 381 g/mol. The first-order valence-electron chi connectivity index (χ1n) is 8.43. The minimum atomic E-state index is -0.117. The molecule has 0 saturated carbocycles. The first-order valence-corrected chi connectivity index (χ1v) is 8.81. The fourth-order valence-corrected chi connectivity index (χ4v) is 2.75. The Bertz CT molecular complexity index is 990. The van der Waals surface area contributed by atoms with E-state index < -0.39 is 0 Å². The second kappa shape index (κ2) is 8.05. The van der Waals surface area contributed by atoms with E-state index in [1.807, 2.05) is 62.4 Å². The zero-order valence-electron chi connectivity index (χ0n) is 15.3. The van der Waals surface area contributed by atoms with Crippen LogP contribution in [0.1, 0.15) is 18.2 Å². The third kappa shape index (κ3) is 4.95. The van der Waals surface area contributed by atoms with Crippen LogP contribution in [0.5, 0.6) is 0 Å². The van der Waals surface area contributed by atoms with Crippen molar-refractivity contribution >= 4 is 46.3 Å². The molecular formula is C20H20ClN5O. The van der Waals surface area contributed by atoms with E-state index in [-0.39, 0.29) is 5.91 Å². The minimum absolute atomic E-state index is 0.117. The van der Waals surface area contributed by atoms with Crippen LogP contribution in [-0.2, 0) is 4.79 Å². The van der Waals surface area contributed by atoms with Gasteiger partial charge in [-0.1, -0.05) is 23.7 Å². The topological polar surface area (TPSA) is 78.9 Å². The van der Waals surface area contributed by atoms with Gasteiger partial charge < -0.3 is 16.0 Å². The van der Waals surface area contributed by atoms with Crippen molar-refractivity contribution in [2.45, 2.75) is 20.8 Å². The molecule has 1 amide bonds. The standard InChI is InChI=1S/C20H20ClN5O/c1-12-10-19(24-16-7-4-6-15(11-16)23-14(3)27)26-20(22-12)25-18-9-5-8-17(21)13(18)2/h4-11H,1-3H3,(H,23,27)(H2,22,24,25,26). The van der Waals surface area contributed by atoms with Gasteiger partial charge in [0.15, 0.2) is 0 Å². The molecular weight excluding hydrogens is 362 g/mol. The third-order valence-corrected chi connectivity index (χ3v) is 4.23. The maximum atomic E-state index is 11.2. The summed E-state index contributed by atoms with van der Waals surface area (Å²) in [6.07, 6.45) is 0. The molecule has 0 aliphatic heterocycles. The number of benzene rings is 2. The zero-order chi connectivity index (χ0) is 19.4. The average Bonchev–Trinajstić information content (AvgIpc) is 2.58. The summed E-state index contributed by atoms with van der Waals surface area (Å²) in [6.45, 7) is 5.31. The fourth-order valence-electron chi connectivity index (χ4n) is 2.58. The summed E-state index contributed by atoms with van der Waals surface area (Å²) in [5, 5.41) is 9.90. The van der Waals surface area contributed by atoms with Crippen LogP contribution < -0.4 is 16.0 Å². The molecule has 0 radical (unpaired) electrons. The second-order valence-corrected chi connectivity index (χ2v) is 6.55. The van der Waals surface area contributed by atoms with Gasteiger partial charge in [-0.25, -0.2) is 4.98 Å². The summed E-state index contributed by atoms with van der Waals surface area (Å²) in [5.41, 5.74) is 4.12. The lowest BCUT2D eigenvalue weighted by Crippen LogP contribution is -2.06. The Morgan fingerprint density at radius 2 is 1.70 bits per heavy atom. The van der Waals surface area contributed by atoms with Crippen LogP contribution in [0.25, 0.3) is 0 Å². The maximum Gasteiger partial charge on any atom is 0.229 e. The number of nitrogens with zero attached hydrogens (tertiary/aromatic N) is 2. The summed E-state index contributed by atoms with van der Waals surface area (Å²) in [7, 11) is 0. The van der Waals surface area contributed by atoms with Crippen molar-refractivity contribution in [1.82, 2.24) is 9.97 Å². The van der Waals surface area contributed by atoms with E-state index in [9.17, 15) is 4.79 Å². The number of carbonyl (C=O) groups excluding carboxylic acids is 1. The number of amides is 1. The van der Waals surface area contributed by atoms with E-state index in [2.05, 4.69) is 25.9 Å². The summed E-state index contributed by atoms with van der Waals surface area (Å²) < 4.78 is 0. The first kappa shape index (κ1) is 18.7. The van der Waals surface area contributed by atoms with Crippen molar-refractivity contribution in [3.8, 4) is 0 Å². The summed E-state index contributed by atoms with van der Waals surface area (Å²) in [6, 6.07) is 14.9. The van der Waals surface area contributed by atoms with Gasteiger partial charge in [0.2, 0.25) is 11.9 Å². The van der Waals surface area contributed by atoms with Crippen LogP contribution in [0.15, 0.2) is 48.5 Å². The van der Waals surface area contributed by atoms with Gasteiger partial charge in [-0.15, -0.1) is 0 Å². The van der Waals surface area contributed by atoms with E-state index in [1.165, 1.54) is 6.92 Å². The van der Waals surface area contributed by atoms with Crippen LogP contribution >= 0.6 is 11.6 Å². The maximum absolute atomic E-state index is 11.2. The van der Waals surface area contributed by atoms with Crippen molar-refractivity contribution in [3.05, 3.63) is 64.8 Å². The van der Waals surface area contributed by atoms with Crippen LogP contribution in [-0.4, -0.2) is 15.9 Å². The Morgan fingerprint density at radius 1 is 0.963 bits per heavy atom. The highest BCUT2D eigenvalue weighted by Crippen LogP contribution is 2.26. The van der Waals surface area contributed by atoms with Gasteiger partial charge in [-0.05, 0) is 49.7 Å². The molecule has 138 valence electrons. The van der Waals surface area contributed by atoms with Crippen LogP contribution in [0.2, 0.25) is 5.02 Å². The number of aryl methyl sites for hydroxylation is 1. The van der Waals surface area contributed by atoms with E-state index in [4.69, 9.17) is 11.6 Å². The van der Waals surface area contributed by atoms with Gasteiger partial charge in [0.1, 0.15) is 5.82 Å². The molecule has 6 nitrogen and oxygen atoms in total. The molecule has 0 saturated heterocycles. The predicted molar refractivity (Wildman–Crippen MR) is 110 cm³/mol. The highest BCUT2D eigenvalue weighted by molar-refractivity contribution is 6.31. The fraction of sp³-hybridized carbons (Fsp3) is 0.150. The van der Waals surface area contributed by atoms with Crippen molar-refractivity contribution in [3.63, 3.8) is 0 Å². The smallest absolute Gasteiger partial charge is 0.229 e. The van der Waals surface area contributed by atoms with Crippen LogP contribution in [0.4, 0.5) is 28.8 Å². The SMILES string of the molecule is CC(=O)Nc1cccc(Nc2cc(C)nc(Nc3cccc(Cl)c3C)n2)c1. The Balaban J connectivity index is 1.83. The number of hydrogen-bond donors (Lipinski definition) is 3. The second-order valence-electron chi connectivity index (χ2n) is 6.14.